The van der Waals surface area contributed by atoms with E-state index in [-0.39, 0.29) is 0 Å². The summed E-state index contributed by atoms with van der Waals surface area (Å²) in [6, 6.07) is 20.8. The molecule has 6 nitrogen and oxygen atoms in total. The van der Waals surface area contributed by atoms with E-state index >= 15 is 0 Å². The Bertz CT molecular complexity index is 1090. The van der Waals surface area contributed by atoms with E-state index in [4.69, 9.17) is 0 Å². The van der Waals surface area contributed by atoms with Crippen LogP contribution in [0.5, 0.6) is 0 Å². The summed E-state index contributed by atoms with van der Waals surface area (Å²) >= 11 is 0. The molecule has 4 rings (SSSR count). The van der Waals surface area contributed by atoms with Gasteiger partial charge in [-0.25, -0.2) is 4.99 Å². The Morgan fingerprint density at radius 3 is 2.75 bits per heavy atom. The number of pyridine rings is 1. The maximum atomic E-state index is 4.67. The molecule has 2 heterocycles. The highest BCUT2D eigenvalue weighted by Crippen LogP contribution is 2.18. The van der Waals surface area contributed by atoms with Gasteiger partial charge >= 0.3 is 0 Å². The van der Waals surface area contributed by atoms with E-state index in [1.54, 1.807) is 0 Å². The standard InChI is InChI=1S/C22H24N6/c1-2-23-22(25-16-21-27-26-20-12-5-6-15-28(20)21)24-14-13-18-10-7-9-17-8-3-4-11-19(17)18/h3-12,15H,2,13-14,16H2,1H3,(H2,23,24,25). The molecule has 2 aromatic heterocycles. The summed E-state index contributed by atoms with van der Waals surface area (Å²) in [7, 11) is 0. The molecule has 0 saturated carbocycles. The molecule has 4 aromatic rings. The lowest BCUT2D eigenvalue weighted by atomic mass is 10.0. The first-order valence-corrected chi connectivity index (χ1v) is 9.62. The van der Waals surface area contributed by atoms with E-state index in [0.29, 0.717) is 6.54 Å². The summed E-state index contributed by atoms with van der Waals surface area (Å²) < 4.78 is 1.96. The average molecular weight is 372 g/mol. The number of aromatic nitrogens is 3. The van der Waals surface area contributed by atoms with Crippen molar-refractivity contribution >= 4 is 22.4 Å². The van der Waals surface area contributed by atoms with Gasteiger partial charge in [0.1, 0.15) is 6.54 Å². The normalized spacial score (nSPS) is 11.8. The fraction of sp³-hybridized carbons (Fsp3) is 0.227. The molecule has 0 atom stereocenters. The van der Waals surface area contributed by atoms with Gasteiger partial charge in [0.15, 0.2) is 17.4 Å². The number of fused-ring (bicyclic) bond motifs is 2. The van der Waals surface area contributed by atoms with Crippen molar-refractivity contribution in [2.45, 2.75) is 19.9 Å². The molecule has 2 N–H and O–H groups in total. The highest BCUT2D eigenvalue weighted by molar-refractivity contribution is 5.85. The van der Waals surface area contributed by atoms with E-state index in [1.807, 2.05) is 28.8 Å². The van der Waals surface area contributed by atoms with Crippen molar-refractivity contribution in [2.75, 3.05) is 13.1 Å². The molecule has 142 valence electrons. The zero-order chi connectivity index (χ0) is 19.2. The van der Waals surface area contributed by atoms with Crippen molar-refractivity contribution < 1.29 is 0 Å². The van der Waals surface area contributed by atoms with E-state index < -0.39 is 0 Å². The van der Waals surface area contributed by atoms with Crippen molar-refractivity contribution in [1.82, 2.24) is 25.2 Å². The van der Waals surface area contributed by atoms with Crippen LogP contribution in [0.3, 0.4) is 0 Å². The summed E-state index contributed by atoms with van der Waals surface area (Å²) in [5.74, 6) is 1.61. The molecule has 28 heavy (non-hydrogen) atoms. The molecule has 0 aliphatic carbocycles. The Labute approximate surface area is 164 Å². The third-order valence-electron chi connectivity index (χ3n) is 4.67. The average Bonchev–Trinajstić information content (AvgIpc) is 3.15. The number of nitrogens with one attached hydrogen (secondary N) is 2. The van der Waals surface area contributed by atoms with Crippen LogP contribution in [0.1, 0.15) is 18.3 Å². The van der Waals surface area contributed by atoms with Gasteiger partial charge in [-0.1, -0.05) is 48.5 Å². The van der Waals surface area contributed by atoms with E-state index in [2.05, 4.69) is 75.2 Å². The lowest BCUT2D eigenvalue weighted by molar-refractivity contribution is 0.789. The molecular weight excluding hydrogens is 348 g/mol. The number of nitrogens with zero attached hydrogens (tertiary/aromatic N) is 4. The lowest BCUT2D eigenvalue weighted by Crippen LogP contribution is -2.38. The largest absolute Gasteiger partial charge is 0.357 e. The van der Waals surface area contributed by atoms with Crippen molar-refractivity contribution in [3.8, 4) is 0 Å². The molecule has 0 radical (unpaired) electrons. The molecule has 6 heteroatoms. The molecule has 0 bridgehead atoms. The summed E-state index contributed by atoms with van der Waals surface area (Å²) in [4.78, 5) is 4.67. The fourth-order valence-electron chi connectivity index (χ4n) is 3.32. The van der Waals surface area contributed by atoms with Crippen LogP contribution in [-0.2, 0) is 13.0 Å². The summed E-state index contributed by atoms with van der Waals surface area (Å²) in [6.45, 7) is 4.14. The van der Waals surface area contributed by atoms with Crippen LogP contribution in [0, 0.1) is 0 Å². The SMILES string of the molecule is CCNC(=NCc1nnc2ccccn12)NCCc1cccc2ccccc12. The molecular formula is C22H24N6. The van der Waals surface area contributed by atoms with Gasteiger partial charge in [0.05, 0.1) is 0 Å². The highest BCUT2D eigenvalue weighted by Gasteiger charge is 2.05. The maximum absolute atomic E-state index is 4.67. The second kappa shape index (κ2) is 8.52. The molecule has 2 aromatic carbocycles. The molecule has 0 spiro atoms. The van der Waals surface area contributed by atoms with Gasteiger partial charge in [-0.2, -0.15) is 0 Å². The van der Waals surface area contributed by atoms with Crippen LogP contribution in [0.4, 0.5) is 0 Å². The Balaban J connectivity index is 1.42. The van der Waals surface area contributed by atoms with Gasteiger partial charge in [0.25, 0.3) is 0 Å². The molecule has 0 unspecified atom stereocenters. The van der Waals surface area contributed by atoms with Crippen LogP contribution >= 0.6 is 0 Å². The predicted molar refractivity (Wildman–Crippen MR) is 113 cm³/mol. The van der Waals surface area contributed by atoms with Crippen molar-refractivity contribution in [3.63, 3.8) is 0 Å². The Morgan fingerprint density at radius 2 is 1.82 bits per heavy atom. The van der Waals surface area contributed by atoms with Crippen molar-refractivity contribution in [1.29, 1.82) is 0 Å². The minimum atomic E-state index is 0.467. The second-order valence-electron chi connectivity index (χ2n) is 6.56. The molecule has 0 aliphatic heterocycles. The zero-order valence-electron chi connectivity index (χ0n) is 16.0. The van der Waals surface area contributed by atoms with E-state index in [0.717, 1.165) is 36.9 Å². The van der Waals surface area contributed by atoms with Gasteiger partial charge in [0.2, 0.25) is 0 Å². The van der Waals surface area contributed by atoms with Gasteiger partial charge in [0, 0.05) is 19.3 Å². The number of guanidine groups is 1. The number of rotatable bonds is 6. The fourth-order valence-corrected chi connectivity index (χ4v) is 3.32. The van der Waals surface area contributed by atoms with E-state index in [9.17, 15) is 0 Å². The lowest BCUT2D eigenvalue weighted by Gasteiger charge is -2.12. The first-order valence-electron chi connectivity index (χ1n) is 9.62. The van der Waals surface area contributed by atoms with Crippen LogP contribution in [0.15, 0.2) is 71.9 Å². The zero-order valence-corrected chi connectivity index (χ0v) is 16.0. The topological polar surface area (TPSA) is 66.6 Å². The second-order valence-corrected chi connectivity index (χ2v) is 6.56. The summed E-state index contributed by atoms with van der Waals surface area (Å²) in [5, 5.41) is 17.7. The summed E-state index contributed by atoms with van der Waals surface area (Å²) in [5.41, 5.74) is 2.17. The van der Waals surface area contributed by atoms with Crippen LogP contribution in [-0.4, -0.2) is 33.6 Å². The van der Waals surface area contributed by atoms with Crippen LogP contribution in [0.2, 0.25) is 0 Å². The van der Waals surface area contributed by atoms with Crippen LogP contribution < -0.4 is 10.6 Å². The Morgan fingerprint density at radius 1 is 0.964 bits per heavy atom. The predicted octanol–water partition coefficient (Wildman–Crippen LogP) is 3.18. The number of hydrogen-bond donors (Lipinski definition) is 2. The number of benzene rings is 2. The highest BCUT2D eigenvalue weighted by atomic mass is 15.3. The van der Waals surface area contributed by atoms with E-state index in [1.165, 1.54) is 16.3 Å². The van der Waals surface area contributed by atoms with Gasteiger partial charge < -0.3 is 10.6 Å². The molecule has 0 fully saturated rings. The first-order chi connectivity index (χ1) is 13.8. The quantitative estimate of drug-likeness (QED) is 0.403. The molecule has 0 amide bonds. The monoisotopic (exact) mass is 372 g/mol. The van der Waals surface area contributed by atoms with Crippen molar-refractivity contribution in [3.05, 3.63) is 78.2 Å². The molecule has 0 aliphatic rings. The minimum absolute atomic E-state index is 0.467. The number of hydrogen-bond acceptors (Lipinski definition) is 3. The maximum Gasteiger partial charge on any atom is 0.191 e. The van der Waals surface area contributed by atoms with Gasteiger partial charge in [-0.15, -0.1) is 10.2 Å². The van der Waals surface area contributed by atoms with Crippen LogP contribution in [0.25, 0.3) is 16.4 Å². The summed E-state index contributed by atoms with van der Waals surface area (Å²) in [6.07, 6.45) is 2.89. The third kappa shape index (κ3) is 3.96. The Hall–Kier alpha value is -3.41. The van der Waals surface area contributed by atoms with Gasteiger partial charge in [-0.05, 0) is 41.8 Å². The number of aliphatic imine (C=N–C) groups is 1. The van der Waals surface area contributed by atoms with Crippen molar-refractivity contribution in [2.24, 2.45) is 4.99 Å². The molecule has 0 saturated heterocycles. The first kappa shape index (κ1) is 18.0. The minimum Gasteiger partial charge on any atom is -0.357 e. The third-order valence-corrected chi connectivity index (χ3v) is 4.67. The smallest absolute Gasteiger partial charge is 0.191 e. The Kier molecular flexibility index (Phi) is 5.47. The van der Waals surface area contributed by atoms with Gasteiger partial charge in [-0.3, -0.25) is 4.40 Å².